The van der Waals surface area contributed by atoms with Crippen LogP contribution in [0.5, 0.6) is 11.5 Å². The number of hydrogen-bond acceptors (Lipinski definition) is 9. The van der Waals surface area contributed by atoms with E-state index in [2.05, 4.69) is 14.8 Å². The summed E-state index contributed by atoms with van der Waals surface area (Å²) >= 11 is 7.47. The van der Waals surface area contributed by atoms with Gasteiger partial charge in [0.15, 0.2) is 11.5 Å². The van der Waals surface area contributed by atoms with E-state index in [1.54, 1.807) is 24.9 Å². The van der Waals surface area contributed by atoms with Crippen LogP contribution < -0.4 is 9.47 Å². The molecule has 10 nitrogen and oxygen atoms in total. The molecule has 3 aromatic rings. The van der Waals surface area contributed by atoms with Crippen LogP contribution in [0.2, 0.25) is 0 Å². The van der Waals surface area contributed by atoms with E-state index in [1.165, 1.54) is 4.90 Å². The lowest BCUT2D eigenvalue weighted by Crippen LogP contribution is -2.48. The minimum atomic E-state index is -0.200. The average Bonchev–Trinajstić information content (AvgIpc) is 3.56. The van der Waals surface area contributed by atoms with Gasteiger partial charge >= 0.3 is 0 Å². The fraction of sp³-hybridized carbons (Fsp3) is 0.432. The second-order valence-electron chi connectivity index (χ2n) is 12.8. The third kappa shape index (κ3) is 6.91. The number of thiocarbonyl (C=S) groups is 1. The first kappa shape index (κ1) is 33.5. The van der Waals surface area contributed by atoms with Crippen molar-refractivity contribution in [3.05, 3.63) is 65.2 Å². The summed E-state index contributed by atoms with van der Waals surface area (Å²) in [6, 6.07) is 14.9. The number of amides is 3. The third-order valence-corrected chi connectivity index (χ3v) is 11.4. The Bertz CT molecular complexity index is 1760. The fourth-order valence-electron chi connectivity index (χ4n) is 7.15. The van der Waals surface area contributed by atoms with E-state index in [9.17, 15) is 14.4 Å². The molecule has 0 aliphatic carbocycles. The molecule has 2 saturated heterocycles. The lowest BCUT2D eigenvalue weighted by atomic mass is 9.94. The molecular weight excluding hydrogens is 659 g/mol. The van der Waals surface area contributed by atoms with Crippen LogP contribution in [0.3, 0.4) is 0 Å². The minimum absolute atomic E-state index is 0.00246. The number of fused-ring (bicyclic) bond motifs is 2. The highest BCUT2D eigenvalue weighted by atomic mass is 32.2. The highest BCUT2D eigenvalue weighted by Gasteiger charge is 2.34. The number of methoxy groups -OCH3 is 1. The summed E-state index contributed by atoms with van der Waals surface area (Å²) in [4.78, 5) is 52.0. The maximum atomic E-state index is 13.2. The Kier molecular flexibility index (Phi) is 10.2. The Morgan fingerprint density at radius 3 is 2.37 bits per heavy atom. The van der Waals surface area contributed by atoms with Crippen molar-refractivity contribution >= 4 is 68.7 Å². The first-order chi connectivity index (χ1) is 23.9. The number of unbranched alkanes of at least 4 members (excludes halogenated alkanes) is 1. The summed E-state index contributed by atoms with van der Waals surface area (Å²) in [5.41, 5.74) is 2.41. The molecule has 0 saturated carbocycles. The molecule has 0 aromatic heterocycles. The summed E-state index contributed by atoms with van der Waals surface area (Å²) in [5, 5.41) is 1.69. The van der Waals surface area contributed by atoms with Crippen LogP contribution in [0.1, 0.15) is 63.2 Å². The van der Waals surface area contributed by atoms with E-state index in [0.29, 0.717) is 47.0 Å². The van der Waals surface area contributed by atoms with Crippen molar-refractivity contribution in [3.8, 4) is 11.5 Å². The first-order valence-electron chi connectivity index (χ1n) is 17.1. The molecule has 12 heteroatoms. The number of imide groups is 1. The van der Waals surface area contributed by atoms with Crippen molar-refractivity contribution in [2.24, 2.45) is 4.99 Å². The first-order valence-corrected chi connectivity index (χ1v) is 18.5. The Labute approximate surface area is 296 Å². The van der Waals surface area contributed by atoms with Gasteiger partial charge in [0.2, 0.25) is 0 Å². The molecule has 0 N–H and O–H groups in total. The van der Waals surface area contributed by atoms with Crippen LogP contribution in [0, 0.1) is 0 Å². The quantitative estimate of drug-likeness (QED) is 0.143. The van der Waals surface area contributed by atoms with Crippen LogP contribution in [0.4, 0.5) is 5.69 Å². The zero-order valence-electron chi connectivity index (χ0n) is 27.8. The van der Waals surface area contributed by atoms with E-state index in [0.717, 1.165) is 92.2 Å². The number of nitrogens with zero attached hydrogens (tertiary/aromatic N) is 5. The van der Waals surface area contributed by atoms with Crippen molar-refractivity contribution in [2.45, 2.75) is 38.1 Å². The van der Waals surface area contributed by atoms with Gasteiger partial charge in [0.1, 0.15) is 4.32 Å². The summed E-state index contributed by atoms with van der Waals surface area (Å²) in [6.45, 7) is 6.06. The predicted molar refractivity (Wildman–Crippen MR) is 197 cm³/mol. The van der Waals surface area contributed by atoms with Crippen LogP contribution in [0.25, 0.3) is 10.8 Å². The van der Waals surface area contributed by atoms with Crippen LogP contribution in [-0.4, -0.2) is 119 Å². The monoisotopic (exact) mass is 699 g/mol. The SMILES string of the molecule is COc1cc2c(cc1OCCCCSC(=S)N1CCN(CCCN3C(=O)c4cccc5cccc(c45)C3=O)CC1)N=C[C@@H]1CCCN1C2=O. The number of carbonyl (C=O) groups excluding carboxylic acids is 3. The van der Waals surface area contributed by atoms with Gasteiger partial charge in [0, 0.05) is 73.8 Å². The molecule has 3 aromatic carbocycles. The molecule has 1 atom stereocenters. The molecule has 3 amide bonds. The molecule has 0 spiro atoms. The Hall–Kier alpha value is -4.00. The van der Waals surface area contributed by atoms with Gasteiger partial charge in [-0.2, -0.15) is 0 Å². The van der Waals surface area contributed by atoms with Gasteiger partial charge in [-0.1, -0.05) is 48.2 Å². The Morgan fingerprint density at radius 1 is 0.878 bits per heavy atom. The topological polar surface area (TPSA) is 95.0 Å². The zero-order valence-corrected chi connectivity index (χ0v) is 29.4. The van der Waals surface area contributed by atoms with Gasteiger partial charge in [-0.3, -0.25) is 29.2 Å². The molecule has 0 radical (unpaired) electrons. The maximum Gasteiger partial charge on any atom is 0.261 e. The molecule has 49 heavy (non-hydrogen) atoms. The number of aliphatic imine (C=N–C) groups is 1. The van der Waals surface area contributed by atoms with Crippen molar-refractivity contribution in [3.63, 3.8) is 0 Å². The van der Waals surface area contributed by atoms with Crippen molar-refractivity contribution < 1.29 is 23.9 Å². The number of hydrogen-bond donors (Lipinski definition) is 0. The van der Waals surface area contributed by atoms with Crippen LogP contribution >= 0.6 is 24.0 Å². The normalized spacial score (nSPS) is 18.9. The van der Waals surface area contributed by atoms with Gasteiger partial charge in [-0.25, -0.2) is 0 Å². The maximum absolute atomic E-state index is 13.2. The van der Waals surface area contributed by atoms with E-state index < -0.39 is 0 Å². The summed E-state index contributed by atoms with van der Waals surface area (Å²) < 4.78 is 12.6. The summed E-state index contributed by atoms with van der Waals surface area (Å²) in [7, 11) is 1.59. The van der Waals surface area contributed by atoms with Gasteiger partial charge in [0.05, 0.1) is 31.0 Å². The zero-order chi connectivity index (χ0) is 33.9. The summed E-state index contributed by atoms with van der Waals surface area (Å²) in [5.74, 6) is 1.67. The molecule has 4 aliphatic heterocycles. The van der Waals surface area contributed by atoms with Crippen LogP contribution in [-0.2, 0) is 0 Å². The Balaban J connectivity index is 0.804. The van der Waals surface area contributed by atoms with E-state index in [4.69, 9.17) is 21.7 Å². The molecular formula is C37H41N5O5S2. The Morgan fingerprint density at radius 2 is 1.63 bits per heavy atom. The molecule has 4 aliphatic rings. The van der Waals surface area contributed by atoms with Gasteiger partial charge < -0.3 is 19.3 Å². The van der Waals surface area contributed by atoms with E-state index in [1.807, 2.05) is 53.6 Å². The number of thioether (sulfide) groups is 1. The van der Waals surface area contributed by atoms with Crippen molar-refractivity contribution in [1.29, 1.82) is 0 Å². The lowest BCUT2D eigenvalue weighted by Gasteiger charge is -2.36. The highest BCUT2D eigenvalue weighted by molar-refractivity contribution is 8.22. The second kappa shape index (κ2) is 14.9. The average molecular weight is 700 g/mol. The minimum Gasteiger partial charge on any atom is -0.493 e. The largest absolute Gasteiger partial charge is 0.493 e. The number of carbonyl (C=O) groups is 3. The third-order valence-electron chi connectivity index (χ3n) is 9.82. The van der Waals surface area contributed by atoms with E-state index >= 15 is 0 Å². The molecule has 4 heterocycles. The second-order valence-corrected chi connectivity index (χ2v) is 14.6. The molecule has 0 bridgehead atoms. The van der Waals surface area contributed by atoms with Gasteiger partial charge in [0.25, 0.3) is 17.7 Å². The van der Waals surface area contributed by atoms with Crippen molar-refractivity contribution in [2.75, 3.05) is 65.3 Å². The number of rotatable bonds is 11. The molecule has 0 unspecified atom stereocenters. The summed E-state index contributed by atoms with van der Waals surface area (Å²) in [6.07, 6.45) is 6.39. The number of piperazine rings is 1. The van der Waals surface area contributed by atoms with Gasteiger partial charge in [-0.05, 0) is 62.2 Å². The smallest absolute Gasteiger partial charge is 0.261 e. The van der Waals surface area contributed by atoms with E-state index in [-0.39, 0.29) is 23.8 Å². The molecule has 2 fully saturated rings. The highest BCUT2D eigenvalue weighted by Crippen LogP contribution is 2.38. The molecule has 7 rings (SSSR count). The number of benzene rings is 3. The number of ether oxygens (including phenoxy) is 2. The van der Waals surface area contributed by atoms with Crippen LogP contribution in [0.15, 0.2) is 53.5 Å². The fourth-order valence-corrected chi connectivity index (χ4v) is 8.47. The standard InChI is InChI=1S/C37H41N5O5S2/c1-46-31-22-29-30(38-24-26-10-6-14-41(26)36(29)45)23-32(31)47-20-2-3-21-49-37(48)40-18-16-39(17-19-40)13-7-15-42-34(43)27-11-4-8-25-9-5-12-28(33(25)27)35(42)44/h4-5,8-9,11-12,22-24,26H,2-3,6-7,10,13-21H2,1H3/t26-/m0/s1. The van der Waals surface area contributed by atoms with Crippen molar-refractivity contribution in [1.82, 2.24) is 19.6 Å². The predicted octanol–water partition coefficient (Wildman–Crippen LogP) is 5.65. The molecule has 256 valence electrons. The lowest BCUT2D eigenvalue weighted by molar-refractivity contribution is 0.0600. The van der Waals surface area contributed by atoms with Gasteiger partial charge in [-0.15, -0.1) is 0 Å².